The van der Waals surface area contributed by atoms with Gasteiger partial charge in [-0.3, -0.25) is 0 Å². The van der Waals surface area contributed by atoms with E-state index in [0.29, 0.717) is 19.8 Å². The first kappa shape index (κ1) is 21.0. The molecule has 0 aliphatic carbocycles. The molecule has 0 amide bonds. The van der Waals surface area contributed by atoms with Gasteiger partial charge in [0.2, 0.25) is 0 Å². The van der Waals surface area contributed by atoms with Crippen molar-refractivity contribution >= 4 is 42.2 Å². The molecule has 3 aromatic rings. The van der Waals surface area contributed by atoms with Crippen molar-refractivity contribution in [2.45, 2.75) is 13.2 Å². The van der Waals surface area contributed by atoms with Gasteiger partial charge in [0.05, 0.1) is 22.1 Å². The number of benzene rings is 2. The van der Waals surface area contributed by atoms with Crippen molar-refractivity contribution in [3.05, 3.63) is 79.1 Å². The molecule has 1 N–H and O–H groups in total. The third-order valence-electron chi connectivity index (χ3n) is 4.33. The van der Waals surface area contributed by atoms with Gasteiger partial charge < -0.3 is 19.1 Å². The summed E-state index contributed by atoms with van der Waals surface area (Å²) in [6.45, 7) is 5.81. The Morgan fingerprint density at radius 3 is 2.52 bits per heavy atom. The summed E-state index contributed by atoms with van der Waals surface area (Å²) in [5, 5.41) is 9.83. The highest BCUT2D eigenvalue weighted by Crippen LogP contribution is 2.15. The fraction of sp³-hybridized carbons (Fsp3) is 0.182. The maximum Gasteiger partial charge on any atom is 0.335 e. The van der Waals surface area contributed by atoms with E-state index in [0.717, 1.165) is 30.7 Å². The summed E-state index contributed by atoms with van der Waals surface area (Å²) in [5.41, 5.74) is 2.20. The number of aromatic carboxylic acids is 1. The first-order valence-electron chi connectivity index (χ1n) is 8.92. The van der Waals surface area contributed by atoms with Gasteiger partial charge >= 0.3 is 5.97 Å². The van der Waals surface area contributed by atoms with Crippen LogP contribution in [0.5, 0.6) is 5.75 Å². The highest BCUT2D eigenvalue weighted by molar-refractivity contribution is 7.73. The van der Waals surface area contributed by atoms with Crippen LogP contribution in [-0.4, -0.2) is 29.4 Å². The molecule has 0 atom stereocenters. The Morgan fingerprint density at radius 1 is 1.21 bits per heavy atom. The number of thiazole rings is 1. The van der Waals surface area contributed by atoms with Gasteiger partial charge in [-0.15, -0.1) is 11.3 Å². The number of nitrogens with zero attached hydrogens (tertiary/aromatic N) is 1. The Morgan fingerprint density at radius 2 is 1.90 bits per heavy atom. The van der Waals surface area contributed by atoms with Crippen molar-refractivity contribution in [1.82, 2.24) is 4.57 Å². The van der Waals surface area contributed by atoms with Crippen molar-refractivity contribution in [3.63, 3.8) is 0 Å². The van der Waals surface area contributed by atoms with E-state index in [-0.39, 0.29) is 5.56 Å². The predicted molar refractivity (Wildman–Crippen MR) is 118 cm³/mol. The Labute approximate surface area is 177 Å². The molecule has 5 nitrogen and oxygen atoms in total. The number of carboxylic acids is 1. The van der Waals surface area contributed by atoms with Gasteiger partial charge in [0, 0.05) is 13.7 Å². The molecule has 0 radical (unpaired) electrons. The maximum absolute atomic E-state index is 10.9. The van der Waals surface area contributed by atoms with E-state index in [9.17, 15) is 4.79 Å². The number of carbonyl (C=O) groups is 1. The molecule has 0 unspecified atom stereocenters. The van der Waals surface area contributed by atoms with Crippen LogP contribution in [0.3, 0.4) is 0 Å². The van der Waals surface area contributed by atoms with Gasteiger partial charge in [-0.2, -0.15) is 0 Å². The van der Waals surface area contributed by atoms with E-state index in [1.807, 2.05) is 28.8 Å². The second-order valence-electron chi connectivity index (χ2n) is 6.33. The number of carboxylic acid groups (broad SMARTS) is 1. The Balaban J connectivity index is 1.69. The molecule has 0 aliphatic rings. The van der Waals surface area contributed by atoms with E-state index in [1.54, 1.807) is 31.4 Å². The van der Waals surface area contributed by atoms with Crippen molar-refractivity contribution in [1.29, 1.82) is 0 Å². The van der Waals surface area contributed by atoms with Crippen LogP contribution in [-0.2, 0) is 17.9 Å². The molecule has 150 valence electrons. The average Bonchev–Trinajstić information content (AvgIpc) is 2.98. The number of aromatic nitrogens is 1. The fourth-order valence-electron chi connectivity index (χ4n) is 2.69. The molecule has 0 spiro atoms. The second-order valence-corrected chi connectivity index (χ2v) is 8.00. The summed E-state index contributed by atoms with van der Waals surface area (Å²) >= 11 is 6.96. The lowest BCUT2D eigenvalue weighted by molar-refractivity contribution is 0.0697. The van der Waals surface area contributed by atoms with E-state index in [2.05, 4.69) is 12.7 Å². The monoisotopic (exact) mass is 427 g/mol. The Hall–Kier alpha value is -2.74. The predicted octanol–water partition coefficient (Wildman–Crippen LogP) is 3.44. The molecule has 0 saturated carbocycles. The van der Waals surface area contributed by atoms with Crippen molar-refractivity contribution < 1.29 is 19.4 Å². The summed E-state index contributed by atoms with van der Waals surface area (Å²) < 4.78 is 14.7. The molecule has 0 saturated heterocycles. The topological polar surface area (TPSA) is 60.7 Å². The molecule has 1 aromatic heterocycles. The summed E-state index contributed by atoms with van der Waals surface area (Å²) in [6.07, 6.45) is 2.06. The Kier molecular flexibility index (Phi) is 6.98. The van der Waals surface area contributed by atoms with Gasteiger partial charge in [0.15, 0.2) is 3.95 Å². The third-order valence-corrected chi connectivity index (χ3v) is 5.77. The Bertz CT molecular complexity index is 1150. The molecule has 2 aromatic carbocycles. The lowest BCUT2D eigenvalue weighted by atomic mass is 10.1. The van der Waals surface area contributed by atoms with Crippen LogP contribution >= 0.6 is 23.6 Å². The van der Waals surface area contributed by atoms with Gasteiger partial charge in [-0.25, -0.2) is 4.79 Å². The van der Waals surface area contributed by atoms with E-state index >= 15 is 0 Å². The van der Waals surface area contributed by atoms with Crippen LogP contribution < -0.4 is 14.6 Å². The molecule has 29 heavy (non-hydrogen) atoms. The summed E-state index contributed by atoms with van der Waals surface area (Å²) in [7, 11) is 1.67. The highest BCUT2D eigenvalue weighted by Gasteiger charge is 2.03. The van der Waals surface area contributed by atoms with Crippen molar-refractivity contribution in [3.8, 4) is 5.75 Å². The van der Waals surface area contributed by atoms with Crippen LogP contribution in [0.15, 0.2) is 48.5 Å². The van der Waals surface area contributed by atoms with Gasteiger partial charge in [0.1, 0.15) is 12.4 Å². The molecule has 7 heteroatoms. The van der Waals surface area contributed by atoms with Crippen LogP contribution in [0.1, 0.15) is 21.5 Å². The number of ether oxygens (including phenoxy) is 2. The standard InChI is InChI=1S/C22H21NO4S2/c1-15-20(29-22(28)23(15)11-12-26-2)13-16-5-9-19(10-6-16)27-14-17-3-7-18(8-4-17)21(24)25/h3-10,13H,1,11-12,14H2,2H3,(H,24,25)/b20-13+. The fourth-order valence-corrected chi connectivity index (χ4v) is 4.09. The molecule has 3 rings (SSSR count). The second kappa shape index (κ2) is 9.65. The third kappa shape index (κ3) is 5.41. The van der Waals surface area contributed by atoms with Crippen molar-refractivity contribution in [2.75, 3.05) is 13.7 Å². The zero-order valence-corrected chi connectivity index (χ0v) is 17.6. The quantitative estimate of drug-likeness (QED) is 0.558. The minimum atomic E-state index is -0.937. The van der Waals surface area contributed by atoms with Crippen LogP contribution in [0.4, 0.5) is 0 Å². The van der Waals surface area contributed by atoms with Gasteiger partial charge in [-0.1, -0.05) is 30.8 Å². The molecule has 0 bridgehead atoms. The lowest BCUT2D eigenvalue weighted by Gasteiger charge is -2.07. The normalized spacial score (nSPS) is 11.6. The highest BCUT2D eigenvalue weighted by atomic mass is 32.1. The van der Waals surface area contributed by atoms with Gasteiger partial charge in [0.25, 0.3) is 0 Å². The lowest BCUT2D eigenvalue weighted by Crippen LogP contribution is -2.28. The van der Waals surface area contributed by atoms with E-state index in [4.69, 9.17) is 26.8 Å². The maximum atomic E-state index is 10.9. The number of hydrogen-bond acceptors (Lipinski definition) is 5. The van der Waals surface area contributed by atoms with E-state index < -0.39 is 5.97 Å². The van der Waals surface area contributed by atoms with Crippen molar-refractivity contribution in [2.24, 2.45) is 0 Å². The van der Waals surface area contributed by atoms with Gasteiger partial charge in [-0.05, 0) is 53.7 Å². The number of rotatable bonds is 8. The molecule has 0 aliphatic heterocycles. The smallest absolute Gasteiger partial charge is 0.335 e. The summed E-state index contributed by atoms with van der Waals surface area (Å²) in [4.78, 5) is 10.9. The minimum absolute atomic E-state index is 0.262. The first-order chi connectivity index (χ1) is 14.0. The van der Waals surface area contributed by atoms with Crippen LogP contribution in [0.2, 0.25) is 0 Å². The number of methoxy groups -OCH3 is 1. The van der Waals surface area contributed by atoms with E-state index in [1.165, 1.54) is 11.3 Å². The molecule has 1 heterocycles. The largest absolute Gasteiger partial charge is 0.489 e. The molecule has 0 fully saturated rings. The molecular formula is C22H21NO4S2. The molecular weight excluding hydrogens is 406 g/mol. The SMILES string of the molecule is C=c1/c(=C\c2ccc(OCc3ccc(C(=O)O)cc3)cc2)sc(=S)n1CCOC. The first-order valence-corrected chi connectivity index (χ1v) is 10.1. The zero-order chi connectivity index (χ0) is 20.8. The minimum Gasteiger partial charge on any atom is -0.489 e. The van der Waals surface area contributed by atoms with Crippen LogP contribution in [0.25, 0.3) is 12.7 Å². The van der Waals surface area contributed by atoms with Crippen LogP contribution in [0, 0.1) is 3.95 Å². The zero-order valence-electron chi connectivity index (χ0n) is 16.0. The summed E-state index contributed by atoms with van der Waals surface area (Å²) in [6, 6.07) is 14.4. The summed E-state index contributed by atoms with van der Waals surface area (Å²) in [5.74, 6) is -0.197. The number of hydrogen-bond donors (Lipinski definition) is 1. The average molecular weight is 428 g/mol.